The van der Waals surface area contributed by atoms with E-state index in [4.69, 9.17) is 19.3 Å². The van der Waals surface area contributed by atoms with Crippen LogP contribution >= 0.6 is 0 Å². The fourth-order valence-electron chi connectivity index (χ4n) is 4.13. The van der Waals surface area contributed by atoms with Gasteiger partial charge in [-0.25, -0.2) is 14.4 Å². The fourth-order valence-corrected chi connectivity index (χ4v) is 4.13. The second kappa shape index (κ2) is 14.3. The molecule has 0 saturated heterocycles. The maximum atomic E-state index is 12.8. The van der Waals surface area contributed by atoms with Gasteiger partial charge in [0.15, 0.2) is 28.6 Å². The molecule has 2 aromatic rings. The van der Waals surface area contributed by atoms with E-state index in [1.165, 1.54) is 48.6 Å². The van der Waals surface area contributed by atoms with E-state index in [0.29, 0.717) is 24.0 Å². The van der Waals surface area contributed by atoms with Gasteiger partial charge >= 0.3 is 17.9 Å². The standard InChI is InChI=1S/C29H32O13/c30-11-1-2-12-40-28(38)29(39)15-23(41-25(35)9-5-17-3-7-19(31)21(33)13-17)27(37)24(16-29)42-26(36)10-6-18-4-8-20(32)22(34)14-18/h3-10,13-14,23-24,27,30-34,37,39H,1-2,11-12,15-16H2/b9-5+,10-6+/t23-,24-,27-,29+/m1/s1. The molecule has 2 atom stereocenters. The van der Waals surface area contributed by atoms with Gasteiger partial charge in [-0.2, -0.15) is 0 Å². The Morgan fingerprint density at radius 2 is 1.26 bits per heavy atom. The van der Waals surface area contributed by atoms with Gasteiger partial charge in [-0.3, -0.25) is 0 Å². The Balaban J connectivity index is 1.75. The Labute approximate surface area is 240 Å². The molecular weight excluding hydrogens is 556 g/mol. The molecule has 0 radical (unpaired) electrons. The van der Waals surface area contributed by atoms with Gasteiger partial charge in [-0.1, -0.05) is 12.1 Å². The molecule has 0 heterocycles. The van der Waals surface area contributed by atoms with Crippen molar-refractivity contribution in [1.29, 1.82) is 0 Å². The summed E-state index contributed by atoms with van der Waals surface area (Å²) >= 11 is 0. The van der Waals surface area contributed by atoms with E-state index in [9.17, 15) is 45.0 Å². The van der Waals surface area contributed by atoms with Gasteiger partial charge in [0.2, 0.25) is 0 Å². The number of aliphatic hydroxyl groups excluding tert-OH is 2. The van der Waals surface area contributed by atoms with E-state index in [1.807, 2.05) is 0 Å². The summed E-state index contributed by atoms with van der Waals surface area (Å²) in [6.07, 6.45) is -0.779. The summed E-state index contributed by atoms with van der Waals surface area (Å²) in [5.41, 5.74) is -1.65. The van der Waals surface area contributed by atoms with Crippen molar-refractivity contribution in [2.75, 3.05) is 13.2 Å². The van der Waals surface area contributed by atoms with Gasteiger partial charge in [-0.05, 0) is 60.4 Å². The molecular formula is C29H32O13. The molecule has 2 aromatic carbocycles. The molecule has 0 unspecified atom stereocenters. The third-order valence-electron chi connectivity index (χ3n) is 6.36. The summed E-state index contributed by atoms with van der Waals surface area (Å²) in [6.45, 7) is -0.248. The Bertz CT molecular complexity index is 1250. The lowest BCUT2D eigenvalue weighted by Crippen LogP contribution is -2.58. The molecule has 1 fully saturated rings. The van der Waals surface area contributed by atoms with Crippen LogP contribution in [0.5, 0.6) is 23.0 Å². The molecule has 0 amide bonds. The number of phenols is 4. The lowest BCUT2D eigenvalue weighted by atomic mass is 9.79. The molecule has 7 N–H and O–H groups in total. The van der Waals surface area contributed by atoms with Crippen LogP contribution in [0.15, 0.2) is 48.6 Å². The van der Waals surface area contributed by atoms with Crippen LogP contribution in [0.2, 0.25) is 0 Å². The summed E-state index contributed by atoms with van der Waals surface area (Å²) in [7, 11) is 0. The van der Waals surface area contributed by atoms with Crippen LogP contribution in [-0.2, 0) is 28.6 Å². The van der Waals surface area contributed by atoms with Crippen molar-refractivity contribution in [3.05, 3.63) is 59.7 Å². The van der Waals surface area contributed by atoms with Crippen LogP contribution in [-0.4, -0.2) is 90.8 Å². The lowest BCUT2D eigenvalue weighted by Gasteiger charge is -2.41. The highest BCUT2D eigenvalue weighted by molar-refractivity contribution is 5.88. The maximum Gasteiger partial charge on any atom is 0.338 e. The second-order valence-electron chi connectivity index (χ2n) is 9.61. The Morgan fingerprint density at radius 1 is 0.786 bits per heavy atom. The van der Waals surface area contributed by atoms with Gasteiger partial charge in [0.05, 0.1) is 6.61 Å². The molecule has 13 nitrogen and oxygen atoms in total. The van der Waals surface area contributed by atoms with Crippen LogP contribution in [0.3, 0.4) is 0 Å². The highest BCUT2D eigenvalue weighted by Gasteiger charge is 2.53. The molecule has 42 heavy (non-hydrogen) atoms. The monoisotopic (exact) mass is 588 g/mol. The zero-order valence-corrected chi connectivity index (χ0v) is 22.3. The number of benzene rings is 2. The SMILES string of the molecule is O=C(/C=C/c1ccc(O)c(O)c1)O[C@@H]1C[C@](O)(C(=O)OCCCCO)C[C@@H](OC(=O)/C=C/c2ccc(O)c(O)c2)[C@H]1O. The first-order chi connectivity index (χ1) is 19.9. The number of aliphatic hydroxyl groups is 3. The fraction of sp³-hybridized carbons (Fsp3) is 0.345. The molecule has 1 saturated carbocycles. The van der Waals surface area contributed by atoms with Crippen LogP contribution in [0.25, 0.3) is 12.2 Å². The molecule has 0 spiro atoms. The first kappa shape index (κ1) is 31.9. The van der Waals surface area contributed by atoms with E-state index < -0.39 is 66.2 Å². The number of carbonyl (C=O) groups is 3. The van der Waals surface area contributed by atoms with Crippen LogP contribution < -0.4 is 0 Å². The van der Waals surface area contributed by atoms with Crippen molar-refractivity contribution in [1.82, 2.24) is 0 Å². The number of carbonyl (C=O) groups excluding carboxylic acids is 3. The lowest BCUT2D eigenvalue weighted by molar-refractivity contribution is -0.206. The highest BCUT2D eigenvalue weighted by atomic mass is 16.6. The van der Waals surface area contributed by atoms with Crippen molar-refractivity contribution in [2.45, 2.75) is 49.6 Å². The average molecular weight is 589 g/mol. The second-order valence-corrected chi connectivity index (χ2v) is 9.61. The van der Waals surface area contributed by atoms with Gasteiger partial charge < -0.3 is 50.0 Å². The quantitative estimate of drug-likeness (QED) is 0.0647. The topological polar surface area (TPSA) is 221 Å². The Morgan fingerprint density at radius 3 is 1.69 bits per heavy atom. The van der Waals surface area contributed by atoms with Crippen molar-refractivity contribution in [2.24, 2.45) is 0 Å². The Kier molecular flexibility index (Phi) is 10.9. The van der Waals surface area contributed by atoms with E-state index in [-0.39, 0.29) is 24.7 Å². The largest absolute Gasteiger partial charge is 0.504 e. The normalized spacial score (nSPS) is 22.2. The number of aromatic hydroxyl groups is 4. The summed E-state index contributed by atoms with van der Waals surface area (Å²) in [5, 5.41) is 69.0. The van der Waals surface area contributed by atoms with Crippen LogP contribution in [0, 0.1) is 0 Å². The molecule has 0 aromatic heterocycles. The van der Waals surface area contributed by atoms with Crippen LogP contribution in [0.4, 0.5) is 0 Å². The van der Waals surface area contributed by atoms with Crippen LogP contribution in [0.1, 0.15) is 36.8 Å². The average Bonchev–Trinajstić information content (AvgIpc) is 2.94. The molecule has 0 aliphatic heterocycles. The molecule has 13 heteroatoms. The Hall–Kier alpha value is -4.59. The number of rotatable bonds is 11. The molecule has 3 rings (SSSR count). The third kappa shape index (κ3) is 8.70. The number of phenolic OH excluding ortho intramolecular Hbond substituents is 4. The van der Waals surface area contributed by atoms with E-state index >= 15 is 0 Å². The number of unbranched alkanes of at least 4 members (excludes halogenated alkanes) is 1. The number of hydrogen-bond acceptors (Lipinski definition) is 13. The van der Waals surface area contributed by atoms with E-state index in [0.717, 1.165) is 12.2 Å². The van der Waals surface area contributed by atoms with Gasteiger partial charge in [-0.15, -0.1) is 0 Å². The minimum atomic E-state index is -2.31. The van der Waals surface area contributed by atoms with Crippen molar-refractivity contribution < 1.29 is 64.3 Å². The molecule has 1 aliphatic rings. The van der Waals surface area contributed by atoms with Crippen molar-refractivity contribution in [3.8, 4) is 23.0 Å². The number of esters is 3. The van der Waals surface area contributed by atoms with Gasteiger partial charge in [0.25, 0.3) is 0 Å². The molecule has 0 bridgehead atoms. The summed E-state index contributed by atoms with van der Waals surface area (Å²) in [6, 6.07) is 7.58. The van der Waals surface area contributed by atoms with Crippen molar-refractivity contribution in [3.63, 3.8) is 0 Å². The minimum Gasteiger partial charge on any atom is -0.504 e. The van der Waals surface area contributed by atoms with Gasteiger partial charge in [0, 0.05) is 31.6 Å². The zero-order chi connectivity index (χ0) is 30.9. The first-order valence-electron chi connectivity index (χ1n) is 12.9. The first-order valence-corrected chi connectivity index (χ1v) is 12.9. The summed E-state index contributed by atoms with van der Waals surface area (Å²) < 4.78 is 15.7. The molecule has 226 valence electrons. The minimum absolute atomic E-state index is 0.121. The highest BCUT2D eigenvalue weighted by Crippen LogP contribution is 2.34. The predicted molar refractivity (Wildman–Crippen MR) is 145 cm³/mol. The van der Waals surface area contributed by atoms with E-state index in [1.54, 1.807) is 0 Å². The predicted octanol–water partition coefficient (Wildman–Crippen LogP) is 1.26. The van der Waals surface area contributed by atoms with E-state index in [2.05, 4.69) is 0 Å². The summed E-state index contributed by atoms with van der Waals surface area (Å²) in [4.78, 5) is 37.9. The van der Waals surface area contributed by atoms with Gasteiger partial charge in [0.1, 0.15) is 18.3 Å². The number of ether oxygens (including phenoxy) is 3. The smallest absolute Gasteiger partial charge is 0.338 e. The van der Waals surface area contributed by atoms with Crippen molar-refractivity contribution >= 4 is 30.1 Å². The zero-order valence-electron chi connectivity index (χ0n) is 22.3. The number of hydrogen-bond donors (Lipinski definition) is 7. The summed E-state index contributed by atoms with van der Waals surface area (Å²) in [5.74, 6) is -4.65. The third-order valence-corrected chi connectivity index (χ3v) is 6.36. The maximum absolute atomic E-state index is 12.8. The molecule has 1 aliphatic carbocycles.